The molecule has 6 nitrogen and oxygen atoms in total. The van der Waals surface area contributed by atoms with E-state index in [0.29, 0.717) is 18.8 Å². The molecule has 0 spiro atoms. The SMILES string of the molecule is CCCCNC(=O)N1CCN(c2ncccc2N)CC1. The molecule has 0 bridgehead atoms. The van der Waals surface area contributed by atoms with Gasteiger partial charge in [-0.2, -0.15) is 0 Å². The van der Waals surface area contributed by atoms with Crippen LogP contribution in [0.2, 0.25) is 0 Å². The number of nitrogen functional groups attached to an aromatic ring is 1. The highest BCUT2D eigenvalue weighted by Gasteiger charge is 2.22. The van der Waals surface area contributed by atoms with Gasteiger partial charge in [-0.15, -0.1) is 0 Å². The van der Waals surface area contributed by atoms with Crippen LogP contribution in [0.1, 0.15) is 19.8 Å². The number of pyridine rings is 1. The quantitative estimate of drug-likeness (QED) is 0.813. The molecule has 0 aliphatic carbocycles. The van der Waals surface area contributed by atoms with E-state index in [9.17, 15) is 4.79 Å². The van der Waals surface area contributed by atoms with Crippen molar-refractivity contribution in [2.24, 2.45) is 0 Å². The van der Waals surface area contributed by atoms with Crippen molar-refractivity contribution in [1.29, 1.82) is 0 Å². The largest absolute Gasteiger partial charge is 0.396 e. The maximum atomic E-state index is 11.9. The minimum absolute atomic E-state index is 0.0343. The lowest BCUT2D eigenvalue weighted by Crippen LogP contribution is -2.52. The summed E-state index contributed by atoms with van der Waals surface area (Å²) in [6.07, 6.45) is 3.86. The molecule has 2 amide bonds. The van der Waals surface area contributed by atoms with Crippen LogP contribution in [0, 0.1) is 0 Å². The number of piperazine rings is 1. The van der Waals surface area contributed by atoms with Crippen molar-refractivity contribution in [3.8, 4) is 0 Å². The normalized spacial score (nSPS) is 15.2. The van der Waals surface area contributed by atoms with Gasteiger partial charge in [0, 0.05) is 38.9 Å². The van der Waals surface area contributed by atoms with Gasteiger partial charge in [-0.1, -0.05) is 13.3 Å². The fourth-order valence-electron chi connectivity index (χ4n) is 2.28. The molecule has 1 fully saturated rings. The number of aromatic nitrogens is 1. The Morgan fingerprint density at radius 1 is 1.40 bits per heavy atom. The molecule has 0 unspecified atom stereocenters. The third kappa shape index (κ3) is 3.53. The van der Waals surface area contributed by atoms with Gasteiger partial charge in [0.15, 0.2) is 5.82 Å². The smallest absolute Gasteiger partial charge is 0.317 e. The first-order valence-electron chi connectivity index (χ1n) is 7.20. The Hall–Kier alpha value is -1.98. The molecule has 0 atom stereocenters. The van der Waals surface area contributed by atoms with E-state index in [1.807, 2.05) is 17.0 Å². The first-order valence-corrected chi connectivity index (χ1v) is 7.20. The number of carbonyl (C=O) groups excluding carboxylic acids is 1. The summed E-state index contributed by atoms with van der Waals surface area (Å²) in [5.41, 5.74) is 6.62. The standard InChI is InChI=1S/C14H23N5O/c1-2-3-6-17-14(20)19-10-8-18(9-11-19)13-12(15)5-4-7-16-13/h4-5,7H,2-3,6,8-11,15H2,1H3,(H,17,20). The number of carbonyl (C=O) groups is 1. The Morgan fingerprint density at radius 2 is 2.15 bits per heavy atom. The minimum atomic E-state index is 0.0343. The summed E-state index contributed by atoms with van der Waals surface area (Å²) in [7, 11) is 0. The van der Waals surface area contributed by atoms with Crippen LogP contribution in [-0.2, 0) is 0 Å². The van der Waals surface area contributed by atoms with E-state index in [1.165, 1.54) is 0 Å². The summed E-state index contributed by atoms with van der Waals surface area (Å²) in [4.78, 5) is 20.2. The van der Waals surface area contributed by atoms with Crippen LogP contribution in [-0.4, -0.2) is 48.6 Å². The highest BCUT2D eigenvalue weighted by Crippen LogP contribution is 2.20. The molecule has 3 N–H and O–H groups in total. The summed E-state index contributed by atoms with van der Waals surface area (Å²) in [6, 6.07) is 3.72. The molecule has 0 aromatic carbocycles. The van der Waals surface area contributed by atoms with Gasteiger partial charge in [0.05, 0.1) is 5.69 Å². The van der Waals surface area contributed by atoms with Gasteiger partial charge in [-0.05, 0) is 18.6 Å². The van der Waals surface area contributed by atoms with E-state index >= 15 is 0 Å². The van der Waals surface area contributed by atoms with E-state index in [-0.39, 0.29) is 6.03 Å². The van der Waals surface area contributed by atoms with Gasteiger partial charge in [0.2, 0.25) is 0 Å². The van der Waals surface area contributed by atoms with Crippen molar-refractivity contribution in [2.75, 3.05) is 43.4 Å². The van der Waals surface area contributed by atoms with Crippen LogP contribution in [0.5, 0.6) is 0 Å². The molecule has 1 aliphatic heterocycles. The van der Waals surface area contributed by atoms with Crippen molar-refractivity contribution in [1.82, 2.24) is 15.2 Å². The number of nitrogens with one attached hydrogen (secondary N) is 1. The second-order valence-electron chi connectivity index (χ2n) is 4.98. The zero-order chi connectivity index (χ0) is 14.4. The van der Waals surface area contributed by atoms with Crippen LogP contribution in [0.4, 0.5) is 16.3 Å². The predicted molar refractivity (Wildman–Crippen MR) is 80.7 cm³/mol. The van der Waals surface area contributed by atoms with Gasteiger partial charge in [0.25, 0.3) is 0 Å². The van der Waals surface area contributed by atoms with Gasteiger partial charge in [0.1, 0.15) is 0 Å². The summed E-state index contributed by atoms with van der Waals surface area (Å²) in [5.74, 6) is 0.818. The molecule has 1 aromatic heterocycles. The third-order valence-electron chi connectivity index (χ3n) is 3.49. The topological polar surface area (TPSA) is 74.5 Å². The highest BCUT2D eigenvalue weighted by molar-refractivity contribution is 5.74. The fraction of sp³-hybridized carbons (Fsp3) is 0.571. The number of urea groups is 1. The Morgan fingerprint density at radius 3 is 2.80 bits per heavy atom. The maximum Gasteiger partial charge on any atom is 0.317 e. The number of nitrogens with two attached hydrogens (primary N) is 1. The zero-order valence-corrected chi connectivity index (χ0v) is 12.0. The molecule has 110 valence electrons. The van der Waals surface area contributed by atoms with E-state index in [4.69, 9.17) is 5.73 Å². The summed E-state index contributed by atoms with van der Waals surface area (Å²) in [5, 5.41) is 2.95. The Bertz CT molecular complexity index is 443. The van der Waals surface area contributed by atoms with Crippen molar-refractivity contribution >= 4 is 17.5 Å². The lowest BCUT2D eigenvalue weighted by Gasteiger charge is -2.35. The minimum Gasteiger partial charge on any atom is -0.396 e. The molecule has 1 saturated heterocycles. The number of anilines is 2. The Labute approximate surface area is 120 Å². The molecule has 2 heterocycles. The molecule has 0 saturated carbocycles. The van der Waals surface area contributed by atoms with Crippen LogP contribution in [0.25, 0.3) is 0 Å². The predicted octanol–water partition coefficient (Wildman–Crippen LogP) is 1.30. The summed E-state index contributed by atoms with van der Waals surface area (Å²) in [6.45, 7) is 5.80. The molecular weight excluding hydrogens is 254 g/mol. The Kier molecular flexibility index (Phi) is 5.03. The first-order chi connectivity index (χ1) is 9.72. The molecule has 1 aliphatic rings. The molecule has 6 heteroatoms. The summed E-state index contributed by atoms with van der Waals surface area (Å²) >= 11 is 0. The lowest BCUT2D eigenvalue weighted by molar-refractivity contribution is 0.194. The Balaban J connectivity index is 1.83. The second kappa shape index (κ2) is 6.98. The number of nitrogens with zero attached hydrogens (tertiary/aromatic N) is 3. The summed E-state index contributed by atoms with van der Waals surface area (Å²) < 4.78 is 0. The van der Waals surface area contributed by atoms with Crippen molar-refractivity contribution in [2.45, 2.75) is 19.8 Å². The number of amides is 2. The van der Waals surface area contributed by atoms with Crippen molar-refractivity contribution < 1.29 is 4.79 Å². The highest BCUT2D eigenvalue weighted by atomic mass is 16.2. The van der Waals surface area contributed by atoms with Gasteiger partial charge >= 0.3 is 6.03 Å². The number of hydrogen-bond donors (Lipinski definition) is 2. The van der Waals surface area contributed by atoms with E-state index in [1.54, 1.807) is 6.20 Å². The van der Waals surface area contributed by atoms with Gasteiger partial charge < -0.3 is 20.9 Å². The van der Waals surface area contributed by atoms with Crippen LogP contribution in [0.15, 0.2) is 18.3 Å². The van der Waals surface area contributed by atoms with Crippen molar-refractivity contribution in [3.63, 3.8) is 0 Å². The van der Waals surface area contributed by atoms with Gasteiger partial charge in [-0.3, -0.25) is 0 Å². The van der Waals surface area contributed by atoms with E-state index < -0.39 is 0 Å². The average molecular weight is 277 g/mol. The van der Waals surface area contributed by atoms with Crippen molar-refractivity contribution in [3.05, 3.63) is 18.3 Å². The second-order valence-corrected chi connectivity index (χ2v) is 4.98. The molecule has 20 heavy (non-hydrogen) atoms. The van der Waals surface area contributed by atoms with Crippen LogP contribution < -0.4 is 16.0 Å². The number of rotatable bonds is 4. The van der Waals surface area contributed by atoms with Gasteiger partial charge in [-0.25, -0.2) is 9.78 Å². The van der Waals surface area contributed by atoms with Crippen LogP contribution >= 0.6 is 0 Å². The molecular formula is C14H23N5O. The van der Waals surface area contributed by atoms with E-state index in [0.717, 1.165) is 38.3 Å². The average Bonchev–Trinajstić information content (AvgIpc) is 2.48. The van der Waals surface area contributed by atoms with Crippen LogP contribution in [0.3, 0.4) is 0 Å². The first kappa shape index (κ1) is 14.4. The maximum absolute atomic E-state index is 11.9. The third-order valence-corrected chi connectivity index (χ3v) is 3.49. The lowest BCUT2D eigenvalue weighted by atomic mass is 10.3. The number of unbranched alkanes of at least 4 members (excludes halogenated alkanes) is 1. The fourth-order valence-corrected chi connectivity index (χ4v) is 2.28. The molecule has 2 rings (SSSR count). The number of hydrogen-bond acceptors (Lipinski definition) is 4. The monoisotopic (exact) mass is 277 g/mol. The van der Waals surface area contributed by atoms with E-state index in [2.05, 4.69) is 22.1 Å². The zero-order valence-electron chi connectivity index (χ0n) is 12.0. The molecule has 0 radical (unpaired) electrons. The molecule has 1 aromatic rings.